The molecule has 0 bridgehead atoms. The molecule has 20 heavy (non-hydrogen) atoms. The summed E-state index contributed by atoms with van der Waals surface area (Å²) in [5, 5.41) is 3.49. The van der Waals surface area contributed by atoms with Crippen LogP contribution in [0, 0.1) is 5.41 Å². The summed E-state index contributed by atoms with van der Waals surface area (Å²) in [6.07, 6.45) is 1.03. The van der Waals surface area contributed by atoms with Crippen LogP contribution in [0.2, 0.25) is 0 Å². The van der Waals surface area contributed by atoms with E-state index in [9.17, 15) is 0 Å². The van der Waals surface area contributed by atoms with E-state index in [-0.39, 0.29) is 5.41 Å². The Kier molecular flexibility index (Phi) is 6.82. The molecule has 114 valence electrons. The first-order valence-corrected chi connectivity index (χ1v) is 6.93. The van der Waals surface area contributed by atoms with Crippen LogP contribution in [-0.2, 0) is 11.3 Å². The molecule has 1 aromatic rings. The van der Waals surface area contributed by atoms with Gasteiger partial charge in [0.05, 0.1) is 14.2 Å². The lowest BCUT2D eigenvalue weighted by atomic mass is 9.89. The second-order valence-electron chi connectivity index (χ2n) is 5.66. The van der Waals surface area contributed by atoms with Gasteiger partial charge in [-0.3, -0.25) is 0 Å². The minimum Gasteiger partial charge on any atom is -0.493 e. The molecule has 0 spiro atoms. The molecule has 1 rings (SSSR count). The highest BCUT2D eigenvalue weighted by atomic mass is 16.5. The van der Waals surface area contributed by atoms with Gasteiger partial charge >= 0.3 is 0 Å². The van der Waals surface area contributed by atoms with Gasteiger partial charge in [0.2, 0.25) is 0 Å². The Bertz CT molecular complexity index is 405. The Morgan fingerprint density at radius 1 is 1.10 bits per heavy atom. The topological polar surface area (TPSA) is 39.7 Å². The second-order valence-corrected chi connectivity index (χ2v) is 5.66. The minimum atomic E-state index is 0.210. The van der Waals surface area contributed by atoms with Crippen molar-refractivity contribution < 1.29 is 14.2 Å². The number of rotatable bonds is 9. The van der Waals surface area contributed by atoms with E-state index in [0.717, 1.165) is 43.2 Å². The zero-order valence-corrected chi connectivity index (χ0v) is 13.3. The number of para-hydroxylation sites is 1. The van der Waals surface area contributed by atoms with Gasteiger partial charge in [-0.25, -0.2) is 0 Å². The fraction of sp³-hybridized carbons (Fsp3) is 0.625. The van der Waals surface area contributed by atoms with Crippen LogP contribution in [0.3, 0.4) is 0 Å². The van der Waals surface area contributed by atoms with Crippen LogP contribution in [0.1, 0.15) is 25.8 Å². The van der Waals surface area contributed by atoms with Gasteiger partial charge in [0.25, 0.3) is 0 Å². The predicted octanol–water partition coefficient (Wildman–Crippen LogP) is 2.86. The maximum atomic E-state index is 5.43. The van der Waals surface area contributed by atoms with Crippen LogP contribution in [-0.4, -0.2) is 34.5 Å². The monoisotopic (exact) mass is 281 g/mol. The normalized spacial score (nSPS) is 11.4. The highest BCUT2D eigenvalue weighted by Gasteiger charge is 2.17. The highest BCUT2D eigenvalue weighted by molar-refractivity contribution is 5.46. The molecule has 0 heterocycles. The SMILES string of the molecule is COCCC(C)(C)CNCc1cccc(OC)c1OC. The molecular formula is C16H27NO3. The van der Waals surface area contributed by atoms with Gasteiger partial charge in [-0.15, -0.1) is 0 Å². The molecule has 0 amide bonds. The summed E-state index contributed by atoms with van der Waals surface area (Å²) in [5.41, 5.74) is 1.32. The van der Waals surface area contributed by atoms with E-state index in [1.807, 2.05) is 12.1 Å². The Balaban J connectivity index is 2.57. The van der Waals surface area contributed by atoms with Crippen molar-refractivity contribution in [1.29, 1.82) is 0 Å². The quantitative estimate of drug-likeness (QED) is 0.755. The molecule has 0 unspecified atom stereocenters. The molecule has 0 saturated carbocycles. The first kappa shape index (κ1) is 16.8. The standard InChI is InChI=1S/C16H27NO3/c1-16(2,9-10-18-3)12-17-11-13-7-6-8-14(19-4)15(13)20-5/h6-8,17H,9-12H2,1-5H3. The lowest BCUT2D eigenvalue weighted by Crippen LogP contribution is -2.30. The van der Waals surface area contributed by atoms with E-state index in [4.69, 9.17) is 14.2 Å². The Morgan fingerprint density at radius 2 is 1.85 bits per heavy atom. The molecule has 4 heteroatoms. The molecule has 0 fully saturated rings. The van der Waals surface area contributed by atoms with Crippen molar-refractivity contribution in [2.45, 2.75) is 26.8 Å². The van der Waals surface area contributed by atoms with Crippen LogP contribution in [0.15, 0.2) is 18.2 Å². The average Bonchev–Trinajstić information content (AvgIpc) is 2.44. The third-order valence-electron chi connectivity index (χ3n) is 3.39. The van der Waals surface area contributed by atoms with Crippen molar-refractivity contribution in [1.82, 2.24) is 5.32 Å². The van der Waals surface area contributed by atoms with Gasteiger partial charge in [0.1, 0.15) is 0 Å². The van der Waals surface area contributed by atoms with E-state index in [1.54, 1.807) is 21.3 Å². The molecule has 4 nitrogen and oxygen atoms in total. The van der Waals surface area contributed by atoms with Crippen molar-refractivity contribution in [3.63, 3.8) is 0 Å². The largest absolute Gasteiger partial charge is 0.493 e. The van der Waals surface area contributed by atoms with Crippen LogP contribution >= 0.6 is 0 Å². The van der Waals surface area contributed by atoms with Crippen molar-refractivity contribution in [2.24, 2.45) is 5.41 Å². The van der Waals surface area contributed by atoms with Crippen molar-refractivity contribution in [2.75, 3.05) is 34.5 Å². The van der Waals surface area contributed by atoms with E-state index >= 15 is 0 Å². The summed E-state index contributed by atoms with van der Waals surface area (Å²) in [7, 11) is 5.07. The molecule has 0 aliphatic rings. The van der Waals surface area contributed by atoms with Gasteiger partial charge in [-0.1, -0.05) is 26.0 Å². The molecule has 0 radical (unpaired) electrons. The Labute approximate surface area is 122 Å². The third kappa shape index (κ3) is 5.02. The summed E-state index contributed by atoms with van der Waals surface area (Å²) in [4.78, 5) is 0. The number of ether oxygens (including phenoxy) is 3. The molecule has 0 aromatic heterocycles. The molecule has 0 aliphatic carbocycles. The zero-order chi connectivity index (χ0) is 15.0. The first-order valence-electron chi connectivity index (χ1n) is 6.93. The number of nitrogens with one attached hydrogen (secondary N) is 1. The van der Waals surface area contributed by atoms with E-state index in [2.05, 4.69) is 25.2 Å². The fourth-order valence-electron chi connectivity index (χ4n) is 2.10. The summed E-state index contributed by atoms with van der Waals surface area (Å²) in [6, 6.07) is 5.94. The predicted molar refractivity (Wildman–Crippen MR) is 81.5 cm³/mol. The zero-order valence-electron chi connectivity index (χ0n) is 13.3. The lowest BCUT2D eigenvalue weighted by molar-refractivity contribution is 0.150. The lowest BCUT2D eigenvalue weighted by Gasteiger charge is -2.25. The molecule has 1 aromatic carbocycles. The van der Waals surface area contributed by atoms with Gasteiger partial charge < -0.3 is 19.5 Å². The van der Waals surface area contributed by atoms with Crippen molar-refractivity contribution >= 4 is 0 Å². The number of hydrogen-bond acceptors (Lipinski definition) is 4. The smallest absolute Gasteiger partial charge is 0.165 e. The third-order valence-corrected chi connectivity index (χ3v) is 3.39. The minimum absolute atomic E-state index is 0.210. The summed E-state index contributed by atoms with van der Waals surface area (Å²) < 4.78 is 15.9. The van der Waals surface area contributed by atoms with E-state index in [0.29, 0.717) is 0 Å². The Hall–Kier alpha value is -1.26. The average molecular weight is 281 g/mol. The fourth-order valence-corrected chi connectivity index (χ4v) is 2.10. The molecular weight excluding hydrogens is 254 g/mol. The number of hydrogen-bond donors (Lipinski definition) is 1. The molecule has 0 aliphatic heterocycles. The van der Waals surface area contributed by atoms with Gasteiger partial charge in [-0.2, -0.15) is 0 Å². The molecule has 1 N–H and O–H groups in total. The van der Waals surface area contributed by atoms with Gasteiger partial charge in [-0.05, 0) is 17.9 Å². The van der Waals surface area contributed by atoms with Crippen LogP contribution < -0.4 is 14.8 Å². The Morgan fingerprint density at radius 3 is 2.45 bits per heavy atom. The summed E-state index contributed by atoms with van der Waals surface area (Å²) >= 11 is 0. The molecule has 0 saturated heterocycles. The number of methoxy groups -OCH3 is 3. The second kappa shape index (κ2) is 8.12. The van der Waals surface area contributed by atoms with E-state index < -0.39 is 0 Å². The van der Waals surface area contributed by atoms with E-state index in [1.165, 1.54) is 0 Å². The van der Waals surface area contributed by atoms with Gasteiger partial charge in [0, 0.05) is 32.4 Å². The number of benzene rings is 1. The van der Waals surface area contributed by atoms with Crippen LogP contribution in [0.5, 0.6) is 11.5 Å². The maximum absolute atomic E-state index is 5.43. The van der Waals surface area contributed by atoms with Crippen molar-refractivity contribution in [3.05, 3.63) is 23.8 Å². The van der Waals surface area contributed by atoms with Crippen LogP contribution in [0.25, 0.3) is 0 Å². The van der Waals surface area contributed by atoms with Crippen LogP contribution in [0.4, 0.5) is 0 Å². The summed E-state index contributed by atoms with van der Waals surface area (Å²) in [5.74, 6) is 1.57. The maximum Gasteiger partial charge on any atom is 0.165 e. The summed E-state index contributed by atoms with van der Waals surface area (Å²) in [6.45, 7) is 6.95. The van der Waals surface area contributed by atoms with Gasteiger partial charge in [0.15, 0.2) is 11.5 Å². The highest BCUT2D eigenvalue weighted by Crippen LogP contribution is 2.30. The van der Waals surface area contributed by atoms with Crippen molar-refractivity contribution in [3.8, 4) is 11.5 Å². The molecule has 0 atom stereocenters. The first-order chi connectivity index (χ1) is 9.54.